The summed E-state index contributed by atoms with van der Waals surface area (Å²) in [6, 6.07) is 17.1. The molecule has 3 aromatic carbocycles. The van der Waals surface area contributed by atoms with Crippen molar-refractivity contribution in [1.82, 2.24) is 9.36 Å². The first kappa shape index (κ1) is 22.1. The standard InChI is InChI=1S/C23H15Cl3FN3O2/c24-15-3-1-14(2-4-15)12-29-13-19(22(31)28-18-8-6-17(27)7-9-18)23(32)30(29)21-10-5-16(25)11-20(21)26/h1-11,13H,12H2,(H,28,31). The van der Waals surface area contributed by atoms with E-state index in [4.69, 9.17) is 34.8 Å². The van der Waals surface area contributed by atoms with Gasteiger partial charge in [0.05, 0.1) is 17.3 Å². The summed E-state index contributed by atoms with van der Waals surface area (Å²) in [5.41, 5.74) is 0.916. The first-order valence-corrected chi connectivity index (χ1v) is 10.5. The fourth-order valence-electron chi connectivity index (χ4n) is 3.17. The van der Waals surface area contributed by atoms with E-state index in [9.17, 15) is 14.0 Å². The van der Waals surface area contributed by atoms with Gasteiger partial charge in [-0.2, -0.15) is 0 Å². The van der Waals surface area contributed by atoms with Gasteiger partial charge >= 0.3 is 0 Å². The molecule has 1 amide bonds. The summed E-state index contributed by atoms with van der Waals surface area (Å²) < 4.78 is 16.0. The van der Waals surface area contributed by atoms with Gasteiger partial charge in [-0.25, -0.2) is 9.07 Å². The van der Waals surface area contributed by atoms with E-state index in [1.54, 1.807) is 28.9 Å². The number of nitrogens with one attached hydrogen (secondary N) is 1. The van der Waals surface area contributed by atoms with Crippen molar-refractivity contribution in [3.05, 3.63) is 115 Å². The van der Waals surface area contributed by atoms with Gasteiger partial charge in [-0.3, -0.25) is 14.3 Å². The first-order chi connectivity index (χ1) is 15.3. The number of amides is 1. The number of aromatic nitrogens is 2. The first-order valence-electron chi connectivity index (χ1n) is 9.41. The molecule has 0 unspecified atom stereocenters. The highest BCUT2D eigenvalue weighted by Crippen LogP contribution is 2.24. The van der Waals surface area contributed by atoms with E-state index in [1.165, 1.54) is 41.2 Å². The predicted molar refractivity (Wildman–Crippen MR) is 125 cm³/mol. The molecule has 1 heterocycles. The second-order valence-electron chi connectivity index (χ2n) is 6.94. The summed E-state index contributed by atoms with van der Waals surface area (Å²) in [5.74, 6) is -1.06. The number of nitrogens with zero attached hydrogens (tertiary/aromatic N) is 2. The maximum atomic E-state index is 13.3. The van der Waals surface area contributed by atoms with Crippen LogP contribution in [0.4, 0.5) is 10.1 Å². The van der Waals surface area contributed by atoms with Gasteiger partial charge in [0.2, 0.25) is 0 Å². The van der Waals surface area contributed by atoms with Crippen LogP contribution in [0, 0.1) is 5.82 Å². The minimum absolute atomic E-state index is 0.102. The Hall–Kier alpha value is -3.06. The van der Waals surface area contributed by atoms with Crippen LogP contribution in [0.15, 0.2) is 77.7 Å². The van der Waals surface area contributed by atoms with E-state index in [-0.39, 0.29) is 17.1 Å². The third-order valence-corrected chi connectivity index (χ3v) is 5.49. The van der Waals surface area contributed by atoms with Gasteiger partial charge in [-0.1, -0.05) is 46.9 Å². The highest BCUT2D eigenvalue weighted by Gasteiger charge is 2.21. The molecule has 4 aromatic rings. The Bertz CT molecular complexity index is 1350. The van der Waals surface area contributed by atoms with Gasteiger partial charge in [0.15, 0.2) is 0 Å². The van der Waals surface area contributed by atoms with Crippen molar-refractivity contribution in [2.45, 2.75) is 6.54 Å². The predicted octanol–water partition coefficient (Wildman–Crippen LogP) is 6.04. The van der Waals surface area contributed by atoms with E-state index >= 15 is 0 Å². The normalized spacial score (nSPS) is 10.9. The zero-order valence-corrected chi connectivity index (χ0v) is 18.6. The van der Waals surface area contributed by atoms with Crippen molar-refractivity contribution in [3.63, 3.8) is 0 Å². The average molecular weight is 491 g/mol. The Morgan fingerprint density at radius 2 is 1.56 bits per heavy atom. The van der Waals surface area contributed by atoms with Crippen molar-refractivity contribution >= 4 is 46.4 Å². The van der Waals surface area contributed by atoms with Crippen molar-refractivity contribution in [2.24, 2.45) is 0 Å². The van der Waals surface area contributed by atoms with Crippen molar-refractivity contribution < 1.29 is 9.18 Å². The van der Waals surface area contributed by atoms with E-state index in [0.29, 0.717) is 21.4 Å². The van der Waals surface area contributed by atoms with Crippen molar-refractivity contribution in [2.75, 3.05) is 5.32 Å². The second-order valence-corrected chi connectivity index (χ2v) is 8.22. The van der Waals surface area contributed by atoms with E-state index in [2.05, 4.69) is 5.32 Å². The lowest BCUT2D eigenvalue weighted by Gasteiger charge is -2.13. The SMILES string of the molecule is O=C(Nc1ccc(F)cc1)c1cn(Cc2ccc(Cl)cc2)n(-c2ccc(Cl)cc2Cl)c1=O. The van der Waals surface area contributed by atoms with Gasteiger partial charge in [-0.05, 0) is 60.2 Å². The van der Waals surface area contributed by atoms with E-state index < -0.39 is 17.3 Å². The molecule has 5 nitrogen and oxygen atoms in total. The zero-order valence-electron chi connectivity index (χ0n) is 16.4. The molecule has 0 radical (unpaired) electrons. The van der Waals surface area contributed by atoms with Crippen LogP contribution in [0.5, 0.6) is 0 Å². The molecular weight excluding hydrogens is 476 g/mol. The van der Waals surface area contributed by atoms with Crippen molar-refractivity contribution in [3.8, 4) is 5.69 Å². The van der Waals surface area contributed by atoms with E-state index in [0.717, 1.165) is 5.56 Å². The lowest BCUT2D eigenvalue weighted by atomic mass is 10.2. The lowest BCUT2D eigenvalue weighted by molar-refractivity contribution is 0.102. The molecule has 32 heavy (non-hydrogen) atoms. The Morgan fingerprint density at radius 1 is 0.906 bits per heavy atom. The summed E-state index contributed by atoms with van der Waals surface area (Å²) in [4.78, 5) is 26.1. The number of hydrogen-bond acceptors (Lipinski definition) is 2. The molecule has 0 fully saturated rings. The average Bonchev–Trinajstić information content (AvgIpc) is 3.07. The van der Waals surface area contributed by atoms with Crippen LogP contribution in [0.2, 0.25) is 15.1 Å². The molecule has 9 heteroatoms. The maximum absolute atomic E-state index is 13.3. The summed E-state index contributed by atoms with van der Waals surface area (Å²) in [6.07, 6.45) is 1.45. The molecule has 0 saturated carbocycles. The van der Waals surface area contributed by atoms with Crippen LogP contribution < -0.4 is 10.9 Å². The molecule has 162 valence electrons. The minimum Gasteiger partial charge on any atom is -0.322 e. The molecule has 0 spiro atoms. The maximum Gasteiger partial charge on any atom is 0.284 e. The van der Waals surface area contributed by atoms with Crippen LogP contribution >= 0.6 is 34.8 Å². The smallest absolute Gasteiger partial charge is 0.284 e. The Labute approximate surface area is 197 Å². The van der Waals surface area contributed by atoms with Crippen LogP contribution in [0.1, 0.15) is 15.9 Å². The highest BCUT2D eigenvalue weighted by atomic mass is 35.5. The van der Waals surface area contributed by atoms with Gasteiger partial charge in [0, 0.05) is 21.9 Å². The third-order valence-electron chi connectivity index (χ3n) is 4.70. The van der Waals surface area contributed by atoms with Gasteiger partial charge in [-0.15, -0.1) is 0 Å². The molecule has 0 atom stereocenters. The number of hydrogen-bond donors (Lipinski definition) is 1. The van der Waals surface area contributed by atoms with E-state index in [1.807, 2.05) is 12.1 Å². The number of anilines is 1. The van der Waals surface area contributed by atoms with Crippen LogP contribution in [0.25, 0.3) is 5.69 Å². The van der Waals surface area contributed by atoms with Gasteiger partial charge < -0.3 is 5.32 Å². The summed E-state index contributed by atoms with van der Waals surface area (Å²) >= 11 is 18.3. The molecule has 1 N–H and O–H groups in total. The molecule has 0 saturated heterocycles. The third kappa shape index (κ3) is 4.72. The number of carbonyl (C=O) groups excluding carboxylic acids is 1. The number of benzene rings is 3. The highest BCUT2D eigenvalue weighted by molar-refractivity contribution is 6.35. The van der Waals surface area contributed by atoms with Gasteiger partial charge in [0.25, 0.3) is 11.5 Å². The fourth-order valence-corrected chi connectivity index (χ4v) is 3.79. The fraction of sp³-hybridized carbons (Fsp3) is 0.0435. The van der Waals surface area contributed by atoms with Crippen LogP contribution in [-0.2, 0) is 6.54 Å². The van der Waals surface area contributed by atoms with Crippen molar-refractivity contribution in [1.29, 1.82) is 0 Å². The summed E-state index contributed by atoms with van der Waals surface area (Å²) in [5, 5.41) is 3.86. The Balaban J connectivity index is 1.78. The second kappa shape index (κ2) is 9.20. The molecular formula is C23H15Cl3FN3O2. The zero-order chi connectivity index (χ0) is 22.8. The summed E-state index contributed by atoms with van der Waals surface area (Å²) in [7, 11) is 0. The molecule has 0 aliphatic rings. The number of rotatable bonds is 5. The number of carbonyl (C=O) groups is 1. The van der Waals surface area contributed by atoms with Gasteiger partial charge in [0.1, 0.15) is 11.4 Å². The minimum atomic E-state index is -0.629. The van der Waals surface area contributed by atoms with Crippen LogP contribution in [0.3, 0.4) is 0 Å². The summed E-state index contributed by atoms with van der Waals surface area (Å²) in [6.45, 7) is 0.273. The van der Waals surface area contributed by atoms with Crippen LogP contribution in [-0.4, -0.2) is 15.3 Å². The molecule has 0 aliphatic heterocycles. The number of halogens is 4. The monoisotopic (exact) mass is 489 g/mol. The topological polar surface area (TPSA) is 56.0 Å². The molecule has 0 aliphatic carbocycles. The quantitative estimate of drug-likeness (QED) is 0.371. The molecule has 4 rings (SSSR count). The molecule has 0 bridgehead atoms. The Kier molecular flexibility index (Phi) is 6.37. The lowest BCUT2D eigenvalue weighted by Crippen LogP contribution is -2.26. The largest absolute Gasteiger partial charge is 0.322 e. The Morgan fingerprint density at radius 3 is 2.22 bits per heavy atom. The molecule has 1 aromatic heterocycles.